The summed E-state index contributed by atoms with van der Waals surface area (Å²) in [6.45, 7) is 0. The lowest BCUT2D eigenvalue weighted by Gasteiger charge is -2.09. The largest absolute Gasteiger partial charge is 0.416 e. The van der Waals surface area contributed by atoms with Gasteiger partial charge in [-0.05, 0) is 18.2 Å². The fraction of sp³-hybridized carbons (Fsp3) is 0.200. The lowest BCUT2D eigenvalue weighted by Crippen LogP contribution is -2.05. The lowest BCUT2D eigenvalue weighted by atomic mass is 10.2. The van der Waals surface area contributed by atoms with E-state index in [4.69, 9.17) is 12.2 Å². The van der Waals surface area contributed by atoms with Crippen molar-refractivity contribution in [3.63, 3.8) is 0 Å². The highest BCUT2D eigenvalue weighted by Gasteiger charge is 2.30. The van der Waals surface area contributed by atoms with E-state index >= 15 is 0 Å². The molecule has 0 aliphatic carbocycles. The standard InChI is InChI=1S/C10H8F3NS/c1-2-5-15-9-4-3-7(6-8(9)14)10(11,12)13/h1,3-4,6H,5,14H2. The molecule has 15 heavy (non-hydrogen) atoms. The van der Waals surface area contributed by atoms with Crippen LogP contribution in [0.2, 0.25) is 0 Å². The molecular formula is C10H8F3NS. The number of anilines is 1. The van der Waals surface area contributed by atoms with Crippen LogP contribution in [-0.4, -0.2) is 5.75 Å². The van der Waals surface area contributed by atoms with Gasteiger partial charge in [-0.2, -0.15) is 13.2 Å². The van der Waals surface area contributed by atoms with Crippen LogP contribution in [-0.2, 0) is 6.18 Å². The zero-order chi connectivity index (χ0) is 11.5. The van der Waals surface area contributed by atoms with E-state index in [0.29, 0.717) is 10.6 Å². The average molecular weight is 231 g/mol. The summed E-state index contributed by atoms with van der Waals surface area (Å²) in [6.07, 6.45) is 0.676. The molecule has 0 aliphatic rings. The maximum Gasteiger partial charge on any atom is 0.416 e. The first-order chi connectivity index (χ1) is 6.95. The van der Waals surface area contributed by atoms with Gasteiger partial charge in [0.15, 0.2) is 0 Å². The Kier molecular flexibility index (Phi) is 3.53. The van der Waals surface area contributed by atoms with Crippen LogP contribution in [0.4, 0.5) is 18.9 Å². The number of hydrogen-bond donors (Lipinski definition) is 1. The Morgan fingerprint density at radius 3 is 2.53 bits per heavy atom. The van der Waals surface area contributed by atoms with Crippen LogP contribution >= 0.6 is 11.8 Å². The van der Waals surface area contributed by atoms with E-state index in [1.54, 1.807) is 0 Å². The fourth-order valence-corrected chi connectivity index (χ4v) is 1.60. The van der Waals surface area contributed by atoms with E-state index < -0.39 is 11.7 Å². The maximum absolute atomic E-state index is 12.3. The van der Waals surface area contributed by atoms with E-state index in [1.165, 1.54) is 17.8 Å². The Balaban J connectivity index is 2.94. The molecule has 0 saturated heterocycles. The third kappa shape index (κ3) is 3.10. The Hall–Kier alpha value is -1.28. The molecule has 0 bridgehead atoms. The number of terminal acetylenes is 1. The highest BCUT2D eigenvalue weighted by atomic mass is 32.2. The topological polar surface area (TPSA) is 26.0 Å². The van der Waals surface area contributed by atoms with Crippen molar-refractivity contribution in [3.05, 3.63) is 23.8 Å². The van der Waals surface area contributed by atoms with Crippen molar-refractivity contribution in [1.82, 2.24) is 0 Å². The van der Waals surface area contributed by atoms with Gasteiger partial charge in [0.1, 0.15) is 0 Å². The molecule has 0 unspecified atom stereocenters. The van der Waals surface area contributed by atoms with Gasteiger partial charge in [-0.25, -0.2) is 0 Å². The number of nitrogen functional groups attached to an aromatic ring is 1. The maximum atomic E-state index is 12.3. The first-order valence-electron chi connectivity index (χ1n) is 3.98. The molecule has 5 heteroatoms. The summed E-state index contributed by atoms with van der Waals surface area (Å²) in [5, 5.41) is 0. The Morgan fingerprint density at radius 2 is 2.07 bits per heavy atom. The van der Waals surface area contributed by atoms with Crippen molar-refractivity contribution in [1.29, 1.82) is 0 Å². The number of rotatable bonds is 2. The Bertz CT molecular complexity index is 393. The molecule has 0 fully saturated rings. The van der Waals surface area contributed by atoms with Gasteiger partial charge in [0, 0.05) is 10.6 Å². The monoisotopic (exact) mass is 231 g/mol. The molecule has 0 aromatic heterocycles. The van der Waals surface area contributed by atoms with E-state index in [9.17, 15) is 13.2 Å². The third-order valence-corrected chi connectivity index (χ3v) is 2.64. The minimum Gasteiger partial charge on any atom is -0.398 e. The van der Waals surface area contributed by atoms with Gasteiger partial charge in [0.25, 0.3) is 0 Å². The van der Waals surface area contributed by atoms with Crippen molar-refractivity contribution >= 4 is 17.4 Å². The summed E-state index contributed by atoms with van der Waals surface area (Å²) in [6, 6.07) is 3.24. The highest BCUT2D eigenvalue weighted by Crippen LogP contribution is 2.33. The van der Waals surface area contributed by atoms with Crippen molar-refractivity contribution in [3.8, 4) is 12.3 Å². The predicted octanol–water partition coefficient (Wildman–Crippen LogP) is 3.01. The van der Waals surface area contributed by atoms with Crippen molar-refractivity contribution < 1.29 is 13.2 Å². The second-order valence-corrected chi connectivity index (χ2v) is 3.76. The summed E-state index contributed by atoms with van der Waals surface area (Å²) in [4.78, 5) is 0.570. The molecule has 1 nitrogen and oxygen atoms in total. The minimum atomic E-state index is -4.36. The summed E-state index contributed by atoms with van der Waals surface area (Å²) >= 11 is 1.24. The van der Waals surface area contributed by atoms with Crippen LogP contribution in [0.3, 0.4) is 0 Å². The van der Waals surface area contributed by atoms with Gasteiger partial charge in [-0.1, -0.05) is 5.92 Å². The number of nitrogens with two attached hydrogens (primary N) is 1. The average Bonchev–Trinajstić information content (AvgIpc) is 2.14. The molecule has 1 rings (SSSR count). The van der Waals surface area contributed by atoms with Crippen LogP contribution < -0.4 is 5.73 Å². The van der Waals surface area contributed by atoms with E-state index in [0.717, 1.165) is 12.1 Å². The van der Waals surface area contributed by atoms with Crippen LogP contribution in [0.5, 0.6) is 0 Å². The number of thioether (sulfide) groups is 1. The van der Waals surface area contributed by atoms with Crippen molar-refractivity contribution in [2.75, 3.05) is 11.5 Å². The molecule has 80 valence electrons. The zero-order valence-corrected chi connectivity index (χ0v) is 8.45. The van der Waals surface area contributed by atoms with Gasteiger partial charge in [-0.3, -0.25) is 0 Å². The van der Waals surface area contributed by atoms with Gasteiger partial charge < -0.3 is 5.73 Å². The predicted molar refractivity (Wildman–Crippen MR) is 55.4 cm³/mol. The zero-order valence-electron chi connectivity index (χ0n) is 7.64. The molecule has 0 aliphatic heterocycles. The molecule has 0 spiro atoms. The molecule has 1 aromatic rings. The second-order valence-electron chi connectivity index (χ2n) is 2.74. The smallest absolute Gasteiger partial charge is 0.398 e. The third-order valence-electron chi connectivity index (χ3n) is 1.65. The van der Waals surface area contributed by atoms with E-state index in [1.807, 2.05) is 0 Å². The van der Waals surface area contributed by atoms with Gasteiger partial charge in [0.2, 0.25) is 0 Å². The highest BCUT2D eigenvalue weighted by molar-refractivity contribution is 7.99. The lowest BCUT2D eigenvalue weighted by molar-refractivity contribution is -0.137. The van der Waals surface area contributed by atoms with Crippen LogP contribution in [0.25, 0.3) is 0 Å². The van der Waals surface area contributed by atoms with Crippen LogP contribution in [0.1, 0.15) is 5.56 Å². The van der Waals surface area contributed by atoms with Crippen molar-refractivity contribution in [2.45, 2.75) is 11.1 Å². The van der Waals surface area contributed by atoms with E-state index in [2.05, 4.69) is 5.92 Å². The molecule has 0 radical (unpaired) electrons. The molecule has 0 heterocycles. The number of hydrogen-bond acceptors (Lipinski definition) is 2. The SMILES string of the molecule is C#CCSc1ccc(C(F)(F)F)cc1N. The summed E-state index contributed by atoms with van der Waals surface area (Å²) in [5.41, 5.74) is 4.83. The summed E-state index contributed by atoms with van der Waals surface area (Å²) in [5.74, 6) is 2.76. The van der Waals surface area contributed by atoms with Gasteiger partial charge in [-0.15, -0.1) is 18.2 Å². The first-order valence-corrected chi connectivity index (χ1v) is 4.96. The van der Waals surface area contributed by atoms with Crippen LogP contribution in [0, 0.1) is 12.3 Å². The second kappa shape index (κ2) is 4.49. The van der Waals surface area contributed by atoms with Crippen LogP contribution in [0.15, 0.2) is 23.1 Å². The fourth-order valence-electron chi connectivity index (χ4n) is 0.976. The normalized spacial score (nSPS) is 11.1. The molecule has 0 amide bonds. The van der Waals surface area contributed by atoms with Gasteiger partial charge in [0.05, 0.1) is 11.3 Å². The van der Waals surface area contributed by atoms with Gasteiger partial charge >= 0.3 is 6.18 Å². The molecule has 1 aromatic carbocycles. The minimum absolute atomic E-state index is 0.102. The quantitative estimate of drug-likeness (QED) is 0.481. The van der Waals surface area contributed by atoms with Crippen molar-refractivity contribution in [2.24, 2.45) is 0 Å². The Labute approximate surface area is 89.9 Å². The number of benzene rings is 1. The molecule has 0 saturated carbocycles. The Morgan fingerprint density at radius 1 is 1.40 bits per heavy atom. The summed E-state index contributed by atoms with van der Waals surface area (Å²) < 4.78 is 36.8. The summed E-state index contributed by atoms with van der Waals surface area (Å²) in [7, 11) is 0. The molecule has 2 N–H and O–H groups in total. The number of halogens is 3. The van der Waals surface area contributed by atoms with E-state index in [-0.39, 0.29) is 5.69 Å². The molecule has 0 atom stereocenters. The molecular weight excluding hydrogens is 223 g/mol. The first kappa shape index (κ1) is 11.8. The number of alkyl halides is 3.